The van der Waals surface area contributed by atoms with Gasteiger partial charge in [0.2, 0.25) is 0 Å². The minimum absolute atomic E-state index is 0.162. The Balaban J connectivity index is 2.02. The summed E-state index contributed by atoms with van der Waals surface area (Å²) in [6.07, 6.45) is 0. The molecule has 0 aliphatic rings. The minimum Gasteiger partial charge on any atom is -0.350 e. The number of halogens is 2. The van der Waals surface area contributed by atoms with Crippen molar-refractivity contribution in [3.8, 4) is 0 Å². The molecule has 2 aromatic rings. The Morgan fingerprint density at radius 3 is 2.25 bits per heavy atom. The van der Waals surface area contributed by atoms with Crippen LogP contribution in [0, 0.1) is 18.6 Å². The second-order valence-electron chi connectivity index (χ2n) is 6.22. The Kier molecular flexibility index (Phi) is 5.67. The third-order valence-electron chi connectivity index (χ3n) is 4.01. The van der Waals surface area contributed by atoms with Crippen molar-refractivity contribution in [2.24, 2.45) is 5.73 Å². The first-order chi connectivity index (χ1) is 11.3. The molecule has 128 valence electrons. The van der Waals surface area contributed by atoms with E-state index in [2.05, 4.69) is 19.2 Å². The van der Waals surface area contributed by atoms with Crippen molar-refractivity contribution in [3.63, 3.8) is 0 Å². The quantitative estimate of drug-likeness (QED) is 0.874. The van der Waals surface area contributed by atoms with E-state index >= 15 is 0 Å². The minimum atomic E-state index is -0.884. The number of carbonyl (C=O) groups excluding carboxylic acids is 1. The smallest absolute Gasteiger partial charge is 0.254 e. The number of nitrogens with one attached hydrogen (secondary N) is 1. The molecule has 5 heteroatoms. The Morgan fingerprint density at radius 2 is 1.67 bits per heavy atom. The van der Waals surface area contributed by atoms with Crippen LogP contribution in [0.15, 0.2) is 36.4 Å². The van der Waals surface area contributed by atoms with Gasteiger partial charge < -0.3 is 11.1 Å². The van der Waals surface area contributed by atoms with Gasteiger partial charge in [-0.05, 0) is 35.6 Å². The fraction of sp³-hybridized carbons (Fsp3) is 0.316. The van der Waals surface area contributed by atoms with Crippen molar-refractivity contribution in [2.45, 2.75) is 32.7 Å². The molecular formula is C19H22F2N2O. The maximum Gasteiger partial charge on any atom is 0.254 e. The molecule has 0 radical (unpaired) electrons. The van der Waals surface area contributed by atoms with Gasteiger partial charge in [-0.25, -0.2) is 8.78 Å². The summed E-state index contributed by atoms with van der Waals surface area (Å²) in [5.74, 6) is -1.74. The molecule has 1 unspecified atom stereocenters. The Bertz CT molecular complexity index is 727. The molecular weight excluding hydrogens is 310 g/mol. The molecule has 1 amide bonds. The summed E-state index contributed by atoms with van der Waals surface area (Å²) in [7, 11) is 0. The van der Waals surface area contributed by atoms with Gasteiger partial charge in [-0.2, -0.15) is 0 Å². The van der Waals surface area contributed by atoms with Crippen LogP contribution in [0.3, 0.4) is 0 Å². The Hall–Kier alpha value is -2.27. The van der Waals surface area contributed by atoms with E-state index < -0.39 is 23.6 Å². The monoisotopic (exact) mass is 332 g/mol. The lowest BCUT2D eigenvalue weighted by atomic mass is 9.99. The topological polar surface area (TPSA) is 55.1 Å². The van der Waals surface area contributed by atoms with E-state index in [1.165, 1.54) is 18.6 Å². The molecule has 24 heavy (non-hydrogen) atoms. The maximum absolute atomic E-state index is 13.7. The number of carbonyl (C=O) groups is 1. The Labute approximate surface area is 140 Å². The number of nitrogens with two attached hydrogens (primary N) is 1. The molecule has 0 saturated heterocycles. The predicted octanol–water partition coefficient (Wildman–Crippen LogP) is 3.83. The van der Waals surface area contributed by atoms with Crippen LogP contribution in [-0.4, -0.2) is 12.5 Å². The van der Waals surface area contributed by atoms with Crippen LogP contribution in [0.2, 0.25) is 0 Å². The van der Waals surface area contributed by atoms with Crippen molar-refractivity contribution in [3.05, 3.63) is 70.3 Å². The van der Waals surface area contributed by atoms with E-state index in [0.29, 0.717) is 5.92 Å². The number of hydrogen-bond acceptors (Lipinski definition) is 2. The summed E-state index contributed by atoms with van der Waals surface area (Å²) in [5.41, 5.74) is 8.20. The first-order valence-corrected chi connectivity index (χ1v) is 7.89. The number of rotatable bonds is 5. The van der Waals surface area contributed by atoms with Crippen molar-refractivity contribution in [1.82, 2.24) is 5.32 Å². The molecule has 3 N–H and O–H groups in total. The van der Waals surface area contributed by atoms with Gasteiger partial charge in [0.1, 0.15) is 11.6 Å². The third kappa shape index (κ3) is 4.17. The summed E-state index contributed by atoms with van der Waals surface area (Å²) in [5, 5.41) is 2.60. The van der Waals surface area contributed by atoms with E-state index in [0.717, 1.165) is 11.6 Å². The molecule has 3 nitrogen and oxygen atoms in total. The van der Waals surface area contributed by atoms with Crippen LogP contribution in [0.4, 0.5) is 8.78 Å². The third-order valence-corrected chi connectivity index (χ3v) is 4.01. The predicted molar refractivity (Wildman–Crippen MR) is 90.9 cm³/mol. The summed E-state index contributed by atoms with van der Waals surface area (Å²) in [6, 6.07) is 9.37. The van der Waals surface area contributed by atoms with Crippen LogP contribution in [0.25, 0.3) is 0 Å². The molecule has 0 aliphatic heterocycles. The normalized spacial score (nSPS) is 12.3. The summed E-state index contributed by atoms with van der Waals surface area (Å²) < 4.78 is 27.0. The fourth-order valence-corrected chi connectivity index (χ4v) is 2.38. The second-order valence-corrected chi connectivity index (χ2v) is 6.22. The van der Waals surface area contributed by atoms with Crippen LogP contribution in [0.5, 0.6) is 0 Å². The van der Waals surface area contributed by atoms with E-state index in [4.69, 9.17) is 5.73 Å². The highest BCUT2D eigenvalue weighted by molar-refractivity contribution is 5.94. The van der Waals surface area contributed by atoms with Gasteiger partial charge in [0.15, 0.2) is 0 Å². The van der Waals surface area contributed by atoms with Crippen molar-refractivity contribution in [2.75, 3.05) is 6.54 Å². The lowest BCUT2D eigenvalue weighted by molar-refractivity contribution is 0.0947. The van der Waals surface area contributed by atoms with Gasteiger partial charge in [0.25, 0.3) is 5.91 Å². The standard InChI is InChI=1S/C19H22F2N2O/c1-11(2)13-4-6-14(7-5-13)18(22)10-23-19(24)15-8-12(3)16(20)9-17(15)21/h4-9,11,18H,10,22H2,1-3H3,(H,23,24). The van der Waals surface area contributed by atoms with Gasteiger partial charge in [-0.15, -0.1) is 0 Å². The number of amides is 1. The molecule has 0 fully saturated rings. The molecule has 0 aromatic heterocycles. The second kappa shape index (κ2) is 7.53. The molecule has 0 heterocycles. The highest BCUT2D eigenvalue weighted by Crippen LogP contribution is 2.18. The summed E-state index contributed by atoms with van der Waals surface area (Å²) in [6.45, 7) is 5.85. The van der Waals surface area contributed by atoms with E-state index in [1.54, 1.807) is 0 Å². The van der Waals surface area contributed by atoms with E-state index in [9.17, 15) is 13.6 Å². The van der Waals surface area contributed by atoms with Crippen molar-refractivity contribution >= 4 is 5.91 Å². The van der Waals surface area contributed by atoms with E-state index in [-0.39, 0.29) is 17.7 Å². The van der Waals surface area contributed by atoms with Crippen molar-refractivity contribution < 1.29 is 13.6 Å². The summed E-state index contributed by atoms with van der Waals surface area (Å²) in [4.78, 5) is 12.1. The molecule has 0 spiro atoms. The highest BCUT2D eigenvalue weighted by Gasteiger charge is 2.16. The number of hydrogen-bond donors (Lipinski definition) is 2. The molecule has 0 bridgehead atoms. The molecule has 1 atom stereocenters. The SMILES string of the molecule is Cc1cc(C(=O)NCC(N)c2ccc(C(C)C)cc2)c(F)cc1F. The fourth-order valence-electron chi connectivity index (χ4n) is 2.38. The van der Waals surface area contributed by atoms with Gasteiger partial charge in [0, 0.05) is 18.7 Å². The highest BCUT2D eigenvalue weighted by atomic mass is 19.1. The maximum atomic E-state index is 13.7. The van der Waals surface area contributed by atoms with Crippen LogP contribution in [0.1, 0.15) is 52.9 Å². The largest absolute Gasteiger partial charge is 0.350 e. The first kappa shape index (κ1) is 18.1. The van der Waals surface area contributed by atoms with E-state index in [1.807, 2.05) is 24.3 Å². The van der Waals surface area contributed by atoms with Crippen LogP contribution >= 0.6 is 0 Å². The molecule has 2 aromatic carbocycles. The molecule has 0 saturated carbocycles. The average molecular weight is 332 g/mol. The first-order valence-electron chi connectivity index (χ1n) is 7.89. The van der Waals surface area contributed by atoms with Crippen LogP contribution in [-0.2, 0) is 0 Å². The number of benzene rings is 2. The van der Waals surface area contributed by atoms with Gasteiger partial charge >= 0.3 is 0 Å². The molecule has 2 rings (SSSR count). The molecule has 0 aliphatic carbocycles. The van der Waals surface area contributed by atoms with Gasteiger partial charge in [-0.1, -0.05) is 38.1 Å². The zero-order valence-electron chi connectivity index (χ0n) is 14.1. The lowest BCUT2D eigenvalue weighted by Gasteiger charge is -2.15. The average Bonchev–Trinajstić information content (AvgIpc) is 2.55. The van der Waals surface area contributed by atoms with Crippen LogP contribution < -0.4 is 11.1 Å². The van der Waals surface area contributed by atoms with Gasteiger partial charge in [0.05, 0.1) is 5.56 Å². The van der Waals surface area contributed by atoms with Crippen molar-refractivity contribution in [1.29, 1.82) is 0 Å². The zero-order chi connectivity index (χ0) is 17.9. The Morgan fingerprint density at radius 1 is 1.08 bits per heavy atom. The summed E-state index contributed by atoms with van der Waals surface area (Å²) >= 11 is 0. The van der Waals surface area contributed by atoms with Gasteiger partial charge in [-0.3, -0.25) is 4.79 Å². The number of aryl methyl sites for hydroxylation is 1. The lowest BCUT2D eigenvalue weighted by Crippen LogP contribution is -2.32. The zero-order valence-corrected chi connectivity index (χ0v) is 14.1.